The third-order valence-corrected chi connectivity index (χ3v) is 4.29. The summed E-state index contributed by atoms with van der Waals surface area (Å²) in [6.07, 6.45) is 1.60. The maximum atomic E-state index is 12.6. The number of hydrogen-bond acceptors (Lipinski definition) is 4. The summed E-state index contributed by atoms with van der Waals surface area (Å²) in [5.74, 6) is 0.522. The second-order valence-electron chi connectivity index (χ2n) is 5.00. The second kappa shape index (κ2) is 5.70. The van der Waals surface area contributed by atoms with E-state index in [0.29, 0.717) is 22.1 Å². The Kier molecular flexibility index (Phi) is 3.40. The first-order valence-corrected chi connectivity index (χ1v) is 7.98. The van der Waals surface area contributed by atoms with Crippen molar-refractivity contribution in [2.45, 2.75) is 0 Å². The number of fused-ring (bicyclic) bond motifs is 1. The van der Waals surface area contributed by atoms with Crippen LogP contribution in [0.5, 0.6) is 0 Å². The van der Waals surface area contributed by atoms with Crippen molar-refractivity contribution in [1.82, 2.24) is 4.98 Å². The van der Waals surface area contributed by atoms with Crippen molar-refractivity contribution in [1.29, 1.82) is 0 Å². The number of nitrogens with one attached hydrogen (secondary N) is 1. The monoisotopic (exact) mass is 320 g/mol. The SMILES string of the molecule is O=C(Nc1nc(-c2ccco2)cs1)c1cccc2ccccc12. The van der Waals surface area contributed by atoms with Gasteiger partial charge in [-0.15, -0.1) is 11.3 Å². The summed E-state index contributed by atoms with van der Waals surface area (Å²) < 4.78 is 5.31. The molecule has 0 aliphatic heterocycles. The van der Waals surface area contributed by atoms with Gasteiger partial charge in [-0.2, -0.15) is 0 Å². The number of furan rings is 1. The molecule has 0 radical (unpaired) electrons. The van der Waals surface area contributed by atoms with Crippen molar-refractivity contribution in [2.24, 2.45) is 0 Å². The van der Waals surface area contributed by atoms with Crippen LogP contribution < -0.4 is 5.32 Å². The lowest BCUT2D eigenvalue weighted by Gasteiger charge is -2.05. The summed E-state index contributed by atoms with van der Waals surface area (Å²) in [4.78, 5) is 16.9. The van der Waals surface area contributed by atoms with E-state index in [2.05, 4.69) is 10.3 Å². The fourth-order valence-corrected chi connectivity index (χ4v) is 3.15. The summed E-state index contributed by atoms with van der Waals surface area (Å²) in [5.41, 5.74) is 1.35. The molecule has 4 rings (SSSR count). The normalized spacial score (nSPS) is 10.8. The Hall–Kier alpha value is -2.92. The van der Waals surface area contributed by atoms with E-state index in [1.54, 1.807) is 6.26 Å². The van der Waals surface area contributed by atoms with E-state index in [9.17, 15) is 4.79 Å². The molecule has 0 atom stereocenters. The predicted molar refractivity (Wildman–Crippen MR) is 91.7 cm³/mol. The Morgan fingerprint density at radius 3 is 2.78 bits per heavy atom. The van der Waals surface area contributed by atoms with Gasteiger partial charge in [-0.1, -0.05) is 36.4 Å². The number of anilines is 1. The fourth-order valence-electron chi connectivity index (χ4n) is 2.46. The average Bonchev–Trinajstić information content (AvgIpc) is 3.25. The van der Waals surface area contributed by atoms with Gasteiger partial charge in [0.15, 0.2) is 10.9 Å². The maximum Gasteiger partial charge on any atom is 0.258 e. The molecule has 2 aromatic heterocycles. The van der Waals surface area contributed by atoms with Gasteiger partial charge in [0, 0.05) is 10.9 Å². The largest absolute Gasteiger partial charge is 0.463 e. The zero-order valence-electron chi connectivity index (χ0n) is 12.0. The summed E-state index contributed by atoms with van der Waals surface area (Å²) >= 11 is 1.37. The highest BCUT2D eigenvalue weighted by molar-refractivity contribution is 7.14. The van der Waals surface area contributed by atoms with E-state index < -0.39 is 0 Å². The van der Waals surface area contributed by atoms with Crippen molar-refractivity contribution in [3.63, 3.8) is 0 Å². The number of rotatable bonds is 3. The number of hydrogen-bond donors (Lipinski definition) is 1. The van der Waals surface area contributed by atoms with E-state index in [1.807, 2.05) is 60.0 Å². The molecule has 0 fully saturated rings. The Labute approximate surface area is 136 Å². The first kappa shape index (κ1) is 13.7. The smallest absolute Gasteiger partial charge is 0.258 e. The van der Waals surface area contributed by atoms with E-state index in [1.165, 1.54) is 11.3 Å². The molecular formula is C18H12N2O2S. The molecule has 2 aromatic carbocycles. The van der Waals surface area contributed by atoms with Gasteiger partial charge < -0.3 is 4.42 Å². The summed E-state index contributed by atoms with van der Waals surface area (Å²) in [5, 5.41) is 7.23. The highest BCUT2D eigenvalue weighted by atomic mass is 32.1. The molecule has 4 nitrogen and oxygen atoms in total. The first-order chi connectivity index (χ1) is 11.3. The van der Waals surface area contributed by atoms with E-state index >= 15 is 0 Å². The van der Waals surface area contributed by atoms with Crippen LogP contribution in [0, 0.1) is 0 Å². The zero-order valence-corrected chi connectivity index (χ0v) is 12.8. The van der Waals surface area contributed by atoms with E-state index in [-0.39, 0.29) is 5.91 Å². The number of thiazole rings is 1. The Bertz CT molecular complexity index is 968. The molecule has 2 heterocycles. The minimum absolute atomic E-state index is 0.165. The van der Waals surface area contributed by atoms with Gasteiger partial charge >= 0.3 is 0 Å². The number of benzene rings is 2. The third-order valence-electron chi connectivity index (χ3n) is 3.53. The van der Waals surface area contributed by atoms with Gasteiger partial charge in [-0.05, 0) is 29.0 Å². The van der Waals surface area contributed by atoms with Crippen LogP contribution in [0.2, 0.25) is 0 Å². The Morgan fingerprint density at radius 2 is 1.91 bits per heavy atom. The molecule has 1 N–H and O–H groups in total. The summed E-state index contributed by atoms with van der Waals surface area (Å²) in [6, 6.07) is 17.2. The number of carbonyl (C=O) groups excluding carboxylic acids is 1. The van der Waals surface area contributed by atoms with Crippen LogP contribution >= 0.6 is 11.3 Å². The first-order valence-electron chi connectivity index (χ1n) is 7.10. The second-order valence-corrected chi connectivity index (χ2v) is 5.85. The molecule has 112 valence electrons. The van der Waals surface area contributed by atoms with Crippen LogP contribution in [0.4, 0.5) is 5.13 Å². The van der Waals surface area contributed by atoms with Gasteiger partial charge in [0.25, 0.3) is 5.91 Å². The van der Waals surface area contributed by atoms with Crippen LogP contribution in [-0.2, 0) is 0 Å². The van der Waals surface area contributed by atoms with Crippen LogP contribution in [-0.4, -0.2) is 10.9 Å². The van der Waals surface area contributed by atoms with E-state index in [0.717, 1.165) is 10.8 Å². The van der Waals surface area contributed by atoms with Crippen LogP contribution in [0.15, 0.2) is 70.7 Å². The Morgan fingerprint density at radius 1 is 1.04 bits per heavy atom. The van der Waals surface area contributed by atoms with Crippen LogP contribution in [0.1, 0.15) is 10.4 Å². The van der Waals surface area contributed by atoms with Crippen LogP contribution in [0.25, 0.3) is 22.2 Å². The number of aromatic nitrogens is 1. The molecule has 5 heteroatoms. The molecular weight excluding hydrogens is 308 g/mol. The lowest BCUT2D eigenvalue weighted by atomic mass is 10.0. The minimum atomic E-state index is -0.165. The maximum absolute atomic E-state index is 12.6. The minimum Gasteiger partial charge on any atom is -0.463 e. The summed E-state index contributed by atoms with van der Waals surface area (Å²) in [7, 11) is 0. The average molecular weight is 320 g/mol. The van der Waals surface area contributed by atoms with E-state index in [4.69, 9.17) is 4.42 Å². The van der Waals surface area contributed by atoms with Gasteiger partial charge in [0.2, 0.25) is 0 Å². The molecule has 1 amide bonds. The van der Waals surface area contributed by atoms with Gasteiger partial charge in [-0.25, -0.2) is 4.98 Å². The number of nitrogens with zero attached hydrogens (tertiary/aromatic N) is 1. The zero-order chi connectivity index (χ0) is 15.6. The lowest BCUT2D eigenvalue weighted by Crippen LogP contribution is -2.12. The highest BCUT2D eigenvalue weighted by Crippen LogP contribution is 2.26. The highest BCUT2D eigenvalue weighted by Gasteiger charge is 2.13. The van der Waals surface area contributed by atoms with Gasteiger partial charge in [0.1, 0.15) is 5.69 Å². The topological polar surface area (TPSA) is 55.1 Å². The molecule has 0 spiro atoms. The summed E-state index contributed by atoms with van der Waals surface area (Å²) in [6.45, 7) is 0. The molecule has 4 aromatic rings. The Balaban J connectivity index is 1.62. The third kappa shape index (κ3) is 2.62. The van der Waals surface area contributed by atoms with Gasteiger partial charge in [-0.3, -0.25) is 10.1 Å². The lowest BCUT2D eigenvalue weighted by molar-refractivity contribution is 0.102. The van der Waals surface area contributed by atoms with Crippen molar-refractivity contribution in [3.05, 3.63) is 71.8 Å². The van der Waals surface area contributed by atoms with Crippen molar-refractivity contribution in [2.75, 3.05) is 5.32 Å². The van der Waals surface area contributed by atoms with Crippen LogP contribution in [0.3, 0.4) is 0 Å². The molecule has 23 heavy (non-hydrogen) atoms. The molecule has 0 saturated heterocycles. The number of carbonyl (C=O) groups is 1. The fraction of sp³-hybridized carbons (Fsp3) is 0. The van der Waals surface area contributed by atoms with Crippen molar-refractivity contribution >= 4 is 33.1 Å². The molecule has 0 bridgehead atoms. The molecule has 0 saturated carbocycles. The molecule has 0 aliphatic rings. The van der Waals surface area contributed by atoms with Crippen molar-refractivity contribution < 1.29 is 9.21 Å². The number of amides is 1. The molecule has 0 aliphatic carbocycles. The predicted octanol–water partition coefficient (Wildman–Crippen LogP) is 4.81. The van der Waals surface area contributed by atoms with Crippen molar-refractivity contribution in [3.8, 4) is 11.5 Å². The standard InChI is InChI=1S/C18H12N2O2S/c21-17(14-8-3-6-12-5-1-2-7-13(12)14)20-18-19-15(11-23-18)16-9-4-10-22-16/h1-11H,(H,19,20,21). The van der Waals surface area contributed by atoms with Gasteiger partial charge in [0.05, 0.1) is 6.26 Å². The molecule has 0 unspecified atom stereocenters. The quantitative estimate of drug-likeness (QED) is 0.589.